The van der Waals surface area contributed by atoms with Gasteiger partial charge in [-0.25, -0.2) is 0 Å². The Kier molecular flexibility index (Phi) is 10.4. The molecule has 2 N–H and O–H groups in total. The first-order valence-electron chi connectivity index (χ1n) is 9.70. The van der Waals surface area contributed by atoms with Crippen molar-refractivity contribution >= 4 is 18.4 Å². The van der Waals surface area contributed by atoms with E-state index in [2.05, 4.69) is 30.9 Å². The van der Waals surface area contributed by atoms with Gasteiger partial charge >= 0.3 is 147 Å². The fourth-order valence-electron chi connectivity index (χ4n) is 3.55. The first kappa shape index (κ1) is 21.5. The molecule has 1 heterocycles. The van der Waals surface area contributed by atoms with E-state index in [1.54, 1.807) is 0 Å². The van der Waals surface area contributed by atoms with Crippen molar-refractivity contribution in [1.29, 1.82) is 0 Å². The third-order valence-electron chi connectivity index (χ3n) is 5.26. The van der Waals surface area contributed by atoms with Gasteiger partial charge in [-0.15, -0.1) is 0 Å². The number of aliphatic hydroxyl groups excluding tert-OH is 2. The van der Waals surface area contributed by atoms with Gasteiger partial charge in [-0.05, 0) is 0 Å². The quantitative estimate of drug-likeness (QED) is 0.474. The van der Waals surface area contributed by atoms with Crippen molar-refractivity contribution in [2.75, 3.05) is 0 Å². The monoisotopic (exact) mass is 434 g/mol. The fourth-order valence-corrected chi connectivity index (χ4v) is 17.9. The van der Waals surface area contributed by atoms with Gasteiger partial charge in [0, 0.05) is 0 Å². The molecule has 0 spiro atoms. The van der Waals surface area contributed by atoms with Crippen LogP contribution in [0.5, 0.6) is 0 Å². The van der Waals surface area contributed by atoms with Crippen LogP contribution in [0.2, 0.25) is 13.3 Å². The Bertz CT molecular complexity index is 324. The predicted molar refractivity (Wildman–Crippen MR) is 100 cm³/mol. The molecule has 0 saturated carbocycles. The Balaban J connectivity index is 2.85. The maximum absolute atomic E-state index is 10.2. The van der Waals surface area contributed by atoms with Gasteiger partial charge in [0.25, 0.3) is 0 Å². The van der Waals surface area contributed by atoms with Crippen LogP contribution in [-0.2, 0) is 4.74 Å². The van der Waals surface area contributed by atoms with Crippen molar-refractivity contribution in [3.8, 4) is 0 Å². The molecule has 0 aromatic carbocycles. The van der Waals surface area contributed by atoms with Crippen LogP contribution in [0.1, 0.15) is 66.2 Å². The van der Waals surface area contributed by atoms with E-state index in [1.165, 1.54) is 51.8 Å². The van der Waals surface area contributed by atoms with Crippen molar-refractivity contribution in [3.63, 3.8) is 0 Å². The van der Waals surface area contributed by atoms with Gasteiger partial charge in [0.15, 0.2) is 0 Å². The minimum absolute atomic E-state index is 0.272. The second-order valence-electron chi connectivity index (χ2n) is 7.32. The second kappa shape index (κ2) is 11.1. The van der Waals surface area contributed by atoms with Gasteiger partial charge in [-0.2, -0.15) is 0 Å². The molecule has 1 saturated heterocycles. The molecule has 1 fully saturated rings. The average molecular weight is 433 g/mol. The first-order valence-corrected chi connectivity index (χ1v) is 17.4. The summed E-state index contributed by atoms with van der Waals surface area (Å²) >= 11 is -2.31. The van der Waals surface area contributed by atoms with E-state index in [4.69, 9.17) is 4.74 Å². The first-order chi connectivity index (χ1) is 11.0. The van der Waals surface area contributed by atoms with Gasteiger partial charge in [-0.1, -0.05) is 0 Å². The van der Waals surface area contributed by atoms with E-state index in [-0.39, 0.29) is 12.2 Å². The minimum atomic E-state index is -2.31. The van der Waals surface area contributed by atoms with Crippen LogP contribution in [0.4, 0.5) is 0 Å². The number of hydrogen-bond donors (Lipinski definition) is 2. The predicted octanol–water partition coefficient (Wildman–Crippen LogP) is 4.44. The summed E-state index contributed by atoms with van der Waals surface area (Å²) in [7, 11) is 0. The molecule has 0 aromatic heterocycles. The van der Waals surface area contributed by atoms with Gasteiger partial charge in [0.1, 0.15) is 0 Å². The summed E-state index contributed by atoms with van der Waals surface area (Å²) in [5.74, 6) is 0. The van der Waals surface area contributed by atoms with Crippen LogP contribution < -0.4 is 0 Å². The van der Waals surface area contributed by atoms with Crippen molar-refractivity contribution < 1.29 is 14.9 Å². The van der Waals surface area contributed by atoms with Gasteiger partial charge in [0.2, 0.25) is 0 Å². The Hall–Kier alpha value is 0.419. The van der Waals surface area contributed by atoms with E-state index in [1.807, 2.05) is 6.92 Å². The van der Waals surface area contributed by atoms with Crippen LogP contribution in [0.3, 0.4) is 0 Å². The average Bonchev–Trinajstić information content (AvgIpc) is 2.80. The molecule has 23 heavy (non-hydrogen) atoms. The van der Waals surface area contributed by atoms with Crippen LogP contribution in [-0.4, -0.2) is 53.0 Å². The summed E-state index contributed by atoms with van der Waals surface area (Å²) in [6.07, 6.45) is 7.81. The van der Waals surface area contributed by atoms with E-state index in [0.29, 0.717) is 0 Å². The molecule has 4 heteroatoms. The molecule has 4 atom stereocenters. The Morgan fingerprint density at radius 2 is 1.35 bits per heavy atom. The van der Waals surface area contributed by atoms with Gasteiger partial charge < -0.3 is 0 Å². The number of unbranched alkanes of at least 4 members (excludes halogenated alkanes) is 3. The summed E-state index contributed by atoms with van der Waals surface area (Å²) in [6, 6.07) is 0. The van der Waals surface area contributed by atoms with E-state index >= 15 is 0 Å². The van der Waals surface area contributed by atoms with E-state index in [9.17, 15) is 10.2 Å². The van der Waals surface area contributed by atoms with E-state index in [0.717, 1.165) is 0 Å². The van der Waals surface area contributed by atoms with Gasteiger partial charge in [0.05, 0.1) is 0 Å². The van der Waals surface area contributed by atoms with Crippen molar-refractivity contribution in [2.24, 2.45) is 0 Å². The molecule has 1 aliphatic heterocycles. The molecule has 1 unspecified atom stereocenters. The molecule has 0 radical (unpaired) electrons. The Morgan fingerprint density at radius 1 is 0.870 bits per heavy atom. The molecule has 0 amide bonds. The molecular weight excluding hydrogens is 395 g/mol. The van der Waals surface area contributed by atoms with E-state index < -0.39 is 30.6 Å². The van der Waals surface area contributed by atoms with Crippen molar-refractivity contribution in [3.05, 3.63) is 10.2 Å². The molecule has 136 valence electrons. The maximum atomic E-state index is 10.2. The van der Waals surface area contributed by atoms with Gasteiger partial charge in [-0.3, -0.25) is 0 Å². The number of ether oxygens (including phenoxy) is 1. The van der Waals surface area contributed by atoms with Crippen LogP contribution in [0.15, 0.2) is 10.2 Å². The third-order valence-corrected chi connectivity index (χ3v) is 19.4. The second-order valence-corrected chi connectivity index (χ2v) is 20.3. The third kappa shape index (κ3) is 6.68. The fraction of sp³-hybridized carbons (Fsp3) is 0.895. The molecule has 3 nitrogen and oxygen atoms in total. The number of aliphatic hydroxyl groups is 2. The van der Waals surface area contributed by atoms with Crippen LogP contribution >= 0.6 is 0 Å². The molecule has 1 rings (SSSR count). The Labute approximate surface area is 147 Å². The zero-order chi connectivity index (χ0) is 17.3. The zero-order valence-electron chi connectivity index (χ0n) is 15.6. The van der Waals surface area contributed by atoms with Crippen LogP contribution in [0.25, 0.3) is 0 Å². The summed E-state index contributed by atoms with van der Waals surface area (Å²) in [5.41, 5.74) is 0. The van der Waals surface area contributed by atoms with Crippen LogP contribution in [0, 0.1) is 0 Å². The summed E-state index contributed by atoms with van der Waals surface area (Å²) < 4.78 is 12.5. The molecule has 0 aliphatic carbocycles. The summed E-state index contributed by atoms with van der Waals surface area (Å²) in [4.78, 5) is 0. The normalized spacial score (nSPS) is 28.8. The van der Waals surface area contributed by atoms with Crippen molar-refractivity contribution in [2.45, 2.75) is 104 Å². The topological polar surface area (TPSA) is 49.7 Å². The standard InChI is InChI=1S/C7H11O3.3C4H9.Sn/c1-3-5-7(9)6(8)4(2)10-5;3*1-3-4-2;/h1,3-9H,2H3;3*1,3-4H2,2H3;/t4-,5+,6?,7-;;;;/m0..../s1. The summed E-state index contributed by atoms with van der Waals surface area (Å²) in [5, 5.41) is 20.0. The van der Waals surface area contributed by atoms with Crippen molar-refractivity contribution in [1.82, 2.24) is 0 Å². The summed E-state index contributed by atoms with van der Waals surface area (Å²) in [6.45, 7) is 8.68. The number of rotatable bonds is 11. The molecular formula is C19H38O3Sn. The number of hydrogen-bond acceptors (Lipinski definition) is 3. The Morgan fingerprint density at radius 3 is 1.70 bits per heavy atom. The molecule has 0 bridgehead atoms. The molecule has 0 aromatic rings. The zero-order valence-corrected chi connectivity index (χ0v) is 18.5. The SMILES string of the molecule is CCC[CH2][Sn]([CH]=C[C@H]1O[C@@H](C)C(O)[C@H]1O)([CH2]CCC)[CH2]CCC. The molecule has 1 aliphatic rings.